The molecule has 0 aromatic heterocycles. The molecule has 27 heavy (non-hydrogen) atoms. The van der Waals surface area contributed by atoms with Gasteiger partial charge in [-0.1, -0.05) is 54.6 Å². The maximum atomic E-state index is 12.7. The van der Waals surface area contributed by atoms with Gasteiger partial charge < -0.3 is 5.32 Å². The summed E-state index contributed by atoms with van der Waals surface area (Å²) in [5.74, 6) is -0.148. The Kier molecular flexibility index (Phi) is 5.62. The van der Waals surface area contributed by atoms with Crippen LogP contribution in [0, 0.1) is 13.8 Å². The molecular formula is C24H21NO2. The number of nitrogens with one attached hydrogen (secondary N) is 1. The van der Waals surface area contributed by atoms with Crippen LogP contribution in [0.5, 0.6) is 0 Å². The summed E-state index contributed by atoms with van der Waals surface area (Å²) in [4.78, 5) is 25.1. The average molecular weight is 355 g/mol. The van der Waals surface area contributed by atoms with E-state index < -0.39 is 0 Å². The van der Waals surface area contributed by atoms with Crippen LogP contribution in [0.4, 0.5) is 5.69 Å². The number of rotatable bonds is 6. The van der Waals surface area contributed by atoms with Gasteiger partial charge in [0.05, 0.1) is 0 Å². The molecule has 0 aliphatic heterocycles. The second-order valence-electron chi connectivity index (χ2n) is 6.38. The number of aryl methyl sites for hydroxylation is 2. The van der Waals surface area contributed by atoms with Gasteiger partial charge in [-0.3, -0.25) is 9.59 Å². The molecule has 134 valence electrons. The SMILES string of the molecule is Cc1ccc(C(=O)C=CNc2ccccc2C(=O)c2ccccc2)cc1C. The largest absolute Gasteiger partial charge is 0.361 e. The number of ketones is 2. The lowest BCUT2D eigenvalue weighted by atomic mass is 10.0. The molecular weight excluding hydrogens is 334 g/mol. The number of allylic oxidation sites excluding steroid dienone is 1. The van der Waals surface area contributed by atoms with Crippen LogP contribution in [-0.2, 0) is 0 Å². The highest BCUT2D eigenvalue weighted by atomic mass is 16.1. The van der Waals surface area contributed by atoms with E-state index in [1.54, 1.807) is 24.4 Å². The monoisotopic (exact) mass is 355 g/mol. The van der Waals surface area contributed by atoms with Crippen molar-refractivity contribution in [2.45, 2.75) is 13.8 Å². The first-order chi connectivity index (χ1) is 13.1. The van der Waals surface area contributed by atoms with E-state index in [4.69, 9.17) is 0 Å². The van der Waals surface area contributed by atoms with Crippen LogP contribution in [0.15, 0.2) is 85.1 Å². The number of hydrogen-bond donors (Lipinski definition) is 1. The molecule has 0 spiro atoms. The van der Waals surface area contributed by atoms with Crippen LogP contribution in [0.3, 0.4) is 0 Å². The summed E-state index contributed by atoms with van der Waals surface area (Å²) in [6.45, 7) is 4.00. The van der Waals surface area contributed by atoms with Crippen LogP contribution in [0.25, 0.3) is 0 Å². The number of carbonyl (C=O) groups excluding carboxylic acids is 2. The second-order valence-corrected chi connectivity index (χ2v) is 6.38. The molecule has 0 amide bonds. The van der Waals surface area contributed by atoms with Crippen molar-refractivity contribution in [2.75, 3.05) is 5.32 Å². The van der Waals surface area contributed by atoms with Gasteiger partial charge >= 0.3 is 0 Å². The Labute approximate surface area is 159 Å². The van der Waals surface area contributed by atoms with E-state index in [1.807, 2.05) is 68.4 Å². The van der Waals surface area contributed by atoms with E-state index in [-0.39, 0.29) is 11.6 Å². The van der Waals surface area contributed by atoms with Crippen molar-refractivity contribution in [1.29, 1.82) is 0 Å². The molecule has 1 N–H and O–H groups in total. The number of carbonyl (C=O) groups is 2. The third-order valence-corrected chi connectivity index (χ3v) is 4.47. The Balaban J connectivity index is 1.76. The fourth-order valence-electron chi connectivity index (χ4n) is 2.75. The minimum Gasteiger partial charge on any atom is -0.361 e. The van der Waals surface area contributed by atoms with Gasteiger partial charge in [-0.05, 0) is 43.2 Å². The number of anilines is 1. The van der Waals surface area contributed by atoms with Crippen LogP contribution >= 0.6 is 0 Å². The maximum absolute atomic E-state index is 12.7. The van der Waals surface area contributed by atoms with E-state index in [9.17, 15) is 9.59 Å². The standard InChI is InChI=1S/C24H21NO2/c1-17-12-13-20(16-18(17)2)23(26)14-15-25-22-11-7-6-10-21(22)24(27)19-8-4-3-5-9-19/h3-16,25H,1-2H3. The van der Waals surface area contributed by atoms with Crippen LogP contribution in [-0.4, -0.2) is 11.6 Å². The fraction of sp³-hybridized carbons (Fsp3) is 0.0833. The molecule has 0 unspecified atom stereocenters. The normalized spacial score (nSPS) is 10.7. The van der Waals surface area contributed by atoms with E-state index in [0.29, 0.717) is 22.4 Å². The Hall–Kier alpha value is -3.46. The van der Waals surface area contributed by atoms with Gasteiger partial charge in [-0.25, -0.2) is 0 Å². The molecule has 0 saturated carbocycles. The maximum Gasteiger partial charge on any atom is 0.195 e. The summed E-state index contributed by atoms with van der Waals surface area (Å²) >= 11 is 0. The second kappa shape index (κ2) is 8.28. The fourth-order valence-corrected chi connectivity index (χ4v) is 2.75. The Morgan fingerprint density at radius 1 is 0.778 bits per heavy atom. The molecule has 3 heteroatoms. The van der Waals surface area contributed by atoms with E-state index in [2.05, 4.69) is 5.32 Å². The number of hydrogen-bond acceptors (Lipinski definition) is 3. The molecule has 0 heterocycles. The molecule has 0 aliphatic carbocycles. The first kappa shape index (κ1) is 18.3. The van der Waals surface area contributed by atoms with Gasteiger partial charge in [0.2, 0.25) is 0 Å². The van der Waals surface area contributed by atoms with Gasteiger partial charge in [0.1, 0.15) is 0 Å². The van der Waals surface area contributed by atoms with Gasteiger partial charge in [-0.15, -0.1) is 0 Å². The summed E-state index contributed by atoms with van der Waals surface area (Å²) in [6.07, 6.45) is 3.06. The van der Waals surface area contributed by atoms with Crippen molar-refractivity contribution in [3.63, 3.8) is 0 Å². The van der Waals surface area contributed by atoms with Crippen molar-refractivity contribution in [3.05, 3.63) is 113 Å². The van der Waals surface area contributed by atoms with Crippen molar-refractivity contribution >= 4 is 17.3 Å². The summed E-state index contributed by atoms with van der Waals surface area (Å²) in [5.41, 5.74) is 4.73. The molecule has 0 fully saturated rings. The highest BCUT2D eigenvalue weighted by molar-refractivity contribution is 6.12. The first-order valence-electron chi connectivity index (χ1n) is 8.79. The van der Waals surface area contributed by atoms with Crippen molar-refractivity contribution in [3.8, 4) is 0 Å². The van der Waals surface area contributed by atoms with E-state index in [0.717, 1.165) is 11.1 Å². The van der Waals surface area contributed by atoms with Crippen molar-refractivity contribution in [1.82, 2.24) is 0 Å². The quantitative estimate of drug-likeness (QED) is 0.479. The van der Waals surface area contributed by atoms with Crippen LogP contribution in [0.1, 0.15) is 37.4 Å². The summed E-state index contributed by atoms with van der Waals surface area (Å²) < 4.78 is 0. The molecule has 3 rings (SSSR count). The zero-order valence-electron chi connectivity index (χ0n) is 15.4. The third kappa shape index (κ3) is 4.39. The van der Waals surface area contributed by atoms with E-state index in [1.165, 1.54) is 6.08 Å². The molecule has 0 bridgehead atoms. The van der Waals surface area contributed by atoms with Gasteiger partial charge in [0.25, 0.3) is 0 Å². The first-order valence-corrected chi connectivity index (χ1v) is 8.79. The molecule has 3 aromatic rings. The minimum absolute atomic E-state index is 0.0624. The highest BCUT2D eigenvalue weighted by Gasteiger charge is 2.12. The summed E-state index contributed by atoms with van der Waals surface area (Å²) in [7, 11) is 0. The molecule has 3 aromatic carbocycles. The summed E-state index contributed by atoms with van der Waals surface area (Å²) in [5, 5.41) is 3.07. The predicted octanol–water partition coefficient (Wildman–Crippen LogP) is 5.34. The van der Waals surface area contributed by atoms with E-state index >= 15 is 0 Å². The summed E-state index contributed by atoms with van der Waals surface area (Å²) in [6, 6.07) is 22.1. The zero-order valence-corrected chi connectivity index (χ0v) is 15.4. The van der Waals surface area contributed by atoms with Crippen LogP contribution in [0.2, 0.25) is 0 Å². The molecule has 0 saturated heterocycles. The zero-order chi connectivity index (χ0) is 19.2. The van der Waals surface area contributed by atoms with Gasteiger partial charge in [0.15, 0.2) is 11.6 Å². The average Bonchev–Trinajstić information content (AvgIpc) is 2.70. The van der Waals surface area contributed by atoms with Crippen molar-refractivity contribution in [2.24, 2.45) is 0 Å². The topological polar surface area (TPSA) is 46.2 Å². The number of benzene rings is 3. The Morgan fingerprint density at radius 2 is 1.48 bits per heavy atom. The predicted molar refractivity (Wildman–Crippen MR) is 109 cm³/mol. The third-order valence-electron chi connectivity index (χ3n) is 4.47. The number of para-hydroxylation sites is 1. The Morgan fingerprint density at radius 3 is 2.22 bits per heavy atom. The Bertz CT molecular complexity index is 1000. The lowest BCUT2D eigenvalue weighted by Gasteiger charge is -2.08. The lowest BCUT2D eigenvalue weighted by molar-refractivity contribution is 0.103. The molecule has 3 nitrogen and oxygen atoms in total. The molecule has 0 aliphatic rings. The molecule has 0 atom stereocenters. The van der Waals surface area contributed by atoms with Crippen molar-refractivity contribution < 1.29 is 9.59 Å². The minimum atomic E-state index is -0.0857. The van der Waals surface area contributed by atoms with Gasteiger partial charge in [-0.2, -0.15) is 0 Å². The smallest absolute Gasteiger partial charge is 0.195 e. The molecule has 0 radical (unpaired) electrons. The van der Waals surface area contributed by atoms with Gasteiger partial charge in [0, 0.05) is 34.7 Å². The lowest BCUT2D eigenvalue weighted by Crippen LogP contribution is -2.05. The van der Waals surface area contributed by atoms with Crippen LogP contribution < -0.4 is 5.32 Å². The highest BCUT2D eigenvalue weighted by Crippen LogP contribution is 2.19.